The van der Waals surface area contributed by atoms with E-state index in [9.17, 15) is 4.79 Å². The van der Waals surface area contributed by atoms with Gasteiger partial charge in [0.05, 0.1) is 29.3 Å². The molecule has 178 valence electrons. The summed E-state index contributed by atoms with van der Waals surface area (Å²) >= 11 is 12.8. The van der Waals surface area contributed by atoms with E-state index in [2.05, 4.69) is 22.1 Å². The fraction of sp³-hybridized carbons (Fsp3) is 0.222. The first-order chi connectivity index (χ1) is 16.6. The van der Waals surface area contributed by atoms with Crippen LogP contribution in [0.15, 0.2) is 61.2 Å². The number of aromatic nitrogens is 4. The highest BCUT2D eigenvalue weighted by Gasteiger charge is 2.25. The molecule has 0 aliphatic rings. The summed E-state index contributed by atoms with van der Waals surface area (Å²) in [5.74, 6) is 5.99. The summed E-state index contributed by atoms with van der Waals surface area (Å²) < 4.78 is 3.60. The Morgan fingerprint density at radius 3 is 2.49 bits per heavy atom. The first kappa shape index (κ1) is 24.6. The van der Waals surface area contributed by atoms with Crippen LogP contribution in [0.25, 0.3) is 16.9 Å². The van der Waals surface area contributed by atoms with E-state index in [1.165, 1.54) is 0 Å². The van der Waals surface area contributed by atoms with Crippen molar-refractivity contribution >= 4 is 29.1 Å². The van der Waals surface area contributed by atoms with Gasteiger partial charge in [-0.3, -0.25) is 4.79 Å². The summed E-state index contributed by atoms with van der Waals surface area (Å²) in [6.07, 6.45) is 5.29. The van der Waals surface area contributed by atoms with Crippen molar-refractivity contribution in [1.82, 2.24) is 24.6 Å². The van der Waals surface area contributed by atoms with Crippen molar-refractivity contribution in [3.8, 4) is 28.8 Å². The number of benzene rings is 2. The normalized spacial score (nSPS) is 11.1. The van der Waals surface area contributed by atoms with E-state index in [0.717, 1.165) is 22.4 Å². The number of imidazole rings is 1. The molecule has 0 saturated carbocycles. The Bertz CT molecular complexity index is 1420. The molecule has 0 saturated heterocycles. The highest BCUT2D eigenvalue weighted by atomic mass is 35.5. The molecular formula is C27H25Cl2N5O. The molecule has 2 aromatic carbocycles. The van der Waals surface area contributed by atoms with E-state index >= 15 is 0 Å². The maximum Gasteiger partial charge on any atom is 0.272 e. The van der Waals surface area contributed by atoms with Gasteiger partial charge in [-0.1, -0.05) is 47.2 Å². The highest BCUT2D eigenvalue weighted by molar-refractivity contribution is 6.32. The zero-order valence-corrected chi connectivity index (χ0v) is 21.4. The van der Waals surface area contributed by atoms with Crippen molar-refractivity contribution in [3.63, 3.8) is 0 Å². The topological polar surface area (TPSA) is 64.7 Å². The smallest absolute Gasteiger partial charge is 0.272 e. The number of rotatable bonds is 4. The second kappa shape index (κ2) is 9.99. The third-order valence-electron chi connectivity index (χ3n) is 5.17. The molecule has 0 atom stereocenters. The van der Waals surface area contributed by atoms with Crippen molar-refractivity contribution in [2.45, 2.75) is 39.8 Å². The Morgan fingerprint density at radius 1 is 1.11 bits per heavy atom. The van der Waals surface area contributed by atoms with Crippen molar-refractivity contribution in [1.29, 1.82) is 0 Å². The van der Waals surface area contributed by atoms with Gasteiger partial charge in [0.2, 0.25) is 0 Å². The zero-order chi connectivity index (χ0) is 25.2. The van der Waals surface area contributed by atoms with Gasteiger partial charge in [-0.15, -0.1) is 0 Å². The van der Waals surface area contributed by atoms with Crippen LogP contribution in [-0.4, -0.2) is 30.8 Å². The number of halogens is 2. The second-order valence-electron chi connectivity index (χ2n) is 9.15. The molecule has 0 aliphatic carbocycles. The van der Waals surface area contributed by atoms with Gasteiger partial charge in [0.25, 0.3) is 5.91 Å². The van der Waals surface area contributed by atoms with Crippen LogP contribution in [0.4, 0.5) is 0 Å². The number of hydrogen-bond acceptors (Lipinski definition) is 3. The van der Waals surface area contributed by atoms with Gasteiger partial charge in [-0.25, -0.2) is 9.67 Å². The molecule has 0 fully saturated rings. The van der Waals surface area contributed by atoms with Crippen molar-refractivity contribution in [3.05, 3.63) is 88.1 Å². The molecule has 35 heavy (non-hydrogen) atoms. The van der Waals surface area contributed by atoms with E-state index in [1.807, 2.05) is 74.9 Å². The molecule has 0 aliphatic heterocycles. The van der Waals surface area contributed by atoms with Crippen LogP contribution in [0.1, 0.15) is 42.4 Å². The highest BCUT2D eigenvalue weighted by Crippen LogP contribution is 2.32. The average molecular weight is 506 g/mol. The minimum atomic E-state index is -0.400. The van der Waals surface area contributed by atoms with E-state index in [1.54, 1.807) is 23.3 Å². The lowest BCUT2D eigenvalue weighted by Gasteiger charge is -2.19. The maximum atomic E-state index is 13.1. The van der Waals surface area contributed by atoms with Gasteiger partial charge >= 0.3 is 0 Å². The quantitative estimate of drug-likeness (QED) is 0.349. The van der Waals surface area contributed by atoms with Crippen molar-refractivity contribution < 1.29 is 4.79 Å². The standard InChI is InChI=1S/C27H25Cl2N5O/c1-18-24(26(35)31-27(2,3)4)32-34(25(18)20-8-10-21(28)11-9-20)23-12-7-19(16-22(23)29)6-5-14-33-15-13-30-17-33/h7-13,15-17H,14H2,1-4H3,(H,31,35). The van der Waals surface area contributed by atoms with Crippen LogP contribution in [0.5, 0.6) is 0 Å². The summed E-state index contributed by atoms with van der Waals surface area (Å²) in [7, 11) is 0. The van der Waals surface area contributed by atoms with Crippen LogP contribution >= 0.6 is 23.2 Å². The number of carbonyl (C=O) groups excluding carboxylic acids is 1. The fourth-order valence-electron chi connectivity index (χ4n) is 3.60. The monoisotopic (exact) mass is 505 g/mol. The largest absolute Gasteiger partial charge is 0.346 e. The molecule has 0 spiro atoms. The average Bonchev–Trinajstić information content (AvgIpc) is 3.41. The van der Waals surface area contributed by atoms with Gasteiger partial charge in [0, 0.05) is 39.6 Å². The molecule has 0 bridgehead atoms. The number of hydrogen-bond donors (Lipinski definition) is 1. The van der Waals surface area contributed by atoms with Gasteiger partial charge in [-0.2, -0.15) is 5.10 Å². The van der Waals surface area contributed by atoms with E-state index in [4.69, 9.17) is 28.3 Å². The lowest BCUT2D eigenvalue weighted by molar-refractivity contribution is 0.0913. The predicted octanol–water partition coefficient (Wildman–Crippen LogP) is 5.93. The van der Waals surface area contributed by atoms with E-state index in [-0.39, 0.29) is 5.91 Å². The summed E-state index contributed by atoms with van der Waals surface area (Å²) in [5, 5.41) is 8.78. The fourth-order valence-corrected chi connectivity index (χ4v) is 3.99. The van der Waals surface area contributed by atoms with Crippen molar-refractivity contribution in [2.24, 2.45) is 0 Å². The Hall–Kier alpha value is -3.53. The maximum absolute atomic E-state index is 13.1. The molecule has 1 N–H and O–H groups in total. The van der Waals surface area contributed by atoms with Crippen LogP contribution in [0, 0.1) is 18.8 Å². The van der Waals surface area contributed by atoms with Gasteiger partial charge in [-0.05, 0) is 58.0 Å². The molecule has 2 aromatic heterocycles. The molecule has 6 nitrogen and oxygen atoms in total. The Kier molecular flexibility index (Phi) is 7.02. The van der Waals surface area contributed by atoms with Gasteiger partial charge in [0.1, 0.15) is 0 Å². The zero-order valence-electron chi connectivity index (χ0n) is 19.9. The molecule has 0 radical (unpaired) electrons. The molecular weight excluding hydrogens is 481 g/mol. The molecule has 4 rings (SSSR count). The summed E-state index contributed by atoms with van der Waals surface area (Å²) in [6.45, 7) is 8.21. The van der Waals surface area contributed by atoms with Crippen molar-refractivity contribution in [2.75, 3.05) is 0 Å². The first-order valence-corrected chi connectivity index (χ1v) is 11.8. The molecule has 0 unspecified atom stereocenters. The lowest BCUT2D eigenvalue weighted by Crippen LogP contribution is -2.41. The SMILES string of the molecule is Cc1c(C(=O)NC(C)(C)C)nn(-c2ccc(C#CCn3ccnc3)cc2Cl)c1-c1ccc(Cl)cc1. The van der Waals surface area contributed by atoms with E-state index < -0.39 is 5.54 Å². The number of nitrogens with one attached hydrogen (secondary N) is 1. The van der Waals surface area contributed by atoms with Crippen LogP contribution < -0.4 is 5.32 Å². The second-order valence-corrected chi connectivity index (χ2v) is 9.99. The van der Waals surface area contributed by atoms with Crippen LogP contribution in [-0.2, 0) is 6.54 Å². The third-order valence-corrected chi connectivity index (χ3v) is 5.73. The number of nitrogens with zero attached hydrogens (tertiary/aromatic N) is 4. The molecule has 1 amide bonds. The third kappa shape index (κ3) is 5.76. The minimum Gasteiger partial charge on any atom is -0.346 e. The van der Waals surface area contributed by atoms with Gasteiger partial charge < -0.3 is 9.88 Å². The minimum absolute atomic E-state index is 0.248. The Balaban J connectivity index is 1.76. The van der Waals surface area contributed by atoms with Crippen LogP contribution in [0.2, 0.25) is 10.0 Å². The molecule has 8 heteroatoms. The lowest BCUT2D eigenvalue weighted by atomic mass is 10.0. The number of carbonyl (C=O) groups is 1. The predicted molar refractivity (Wildman–Crippen MR) is 140 cm³/mol. The first-order valence-electron chi connectivity index (χ1n) is 11.0. The summed E-state index contributed by atoms with van der Waals surface area (Å²) in [5.41, 5.74) is 3.74. The molecule has 2 heterocycles. The summed E-state index contributed by atoms with van der Waals surface area (Å²) in [6, 6.07) is 13.0. The number of amides is 1. The van der Waals surface area contributed by atoms with E-state index in [0.29, 0.717) is 28.0 Å². The summed E-state index contributed by atoms with van der Waals surface area (Å²) in [4.78, 5) is 17.1. The van der Waals surface area contributed by atoms with Gasteiger partial charge in [0.15, 0.2) is 5.69 Å². The Morgan fingerprint density at radius 2 is 1.86 bits per heavy atom. The Labute approximate surface area is 214 Å². The molecule has 4 aromatic rings. The van der Waals surface area contributed by atoms with Crippen LogP contribution in [0.3, 0.4) is 0 Å².